The van der Waals surface area contributed by atoms with Crippen LogP contribution >= 0.6 is 0 Å². The van der Waals surface area contributed by atoms with E-state index in [-0.39, 0.29) is 17.5 Å². The van der Waals surface area contributed by atoms with Crippen molar-refractivity contribution >= 4 is 35.6 Å². The molecule has 0 spiro atoms. The van der Waals surface area contributed by atoms with Crippen molar-refractivity contribution in [1.29, 1.82) is 0 Å². The molecule has 1 aromatic heterocycles. The molecule has 0 saturated carbocycles. The van der Waals surface area contributed by atoms with Gasteiger partial charge in [0.05, 0.1) is 0 Å². The maximum atomic E-state index is 13.8. The maximum absolute atomic E-state index is 13.8. The molecule has 0 aliphatic rings. The number of benzene rings is 2. The standard InChI is InChI=1S/C20H14FN2O4.CH3O.Po/c1-13(20(24)25-2)14-7-3-5-9-16(14)26-18-11-19(23-12-22-18)27-17-10-6-4-8-15(17)21;1-2;/h1,3-12H,2H3;1H3;/q;-1;+1. The molecule has 0 atom stereocenters. The molecule has 0 saturated heterocycles. The molecule has 0 N–H and O–H groups in total. The number of halogens is 1. The molecule has 0 unspecified atom stereocenters. The summed E-state index contributed by atoms with van der Waals surface area (Å²) in [5.41, 5.74) is 0.897. The molecule has 0 aliphatic carbocycles. The molecule has 30 heavy (non-hydrogen) atoms. The molecule has 0 radical (unpaired) electrons. The number of methoxy groups -OCH3 is 1. The Bertz CT molecular complexity index is 1060. The van der Waals surface area contributed by atoms with Crippen LogP contribution in [-0.2, 0) is 12.3 Å². The van der Waals surface area contributed by atoms with E-state index in [1.54, 1.807) is 47.2 Å². The third-order valence-corrected chi connectivity index (χ3v) is 5.77. The van der Waals surface area contributed by atoms with Gasteiger partial charge in [0.1, 0.15) is 0 Å². The molecule has 0 aliphatic heterocycles. The van der Waals surface area contributed by atoms with Crippen molar-refractivity contribution in [3.8, 4) is 23.3 Å². The van der Waals surface area contributed by atoms with Gasteiger partial charge in [0.2, 0.25) is 0 Å². The molecule has 3 rings (SSSR count). The summed E-state index contributed by atoms with van der Waals surface area (Å²) < 4.78 is 37.0. The zero-order valence-electron chi connectivity index (χ0n) is 16.1. The van der Waals surface area contributed by atoms with Crippen LogP contribution in [0.4, 0.5) is 4.39 Å². The number of esters is 1. The predicted octanol–water partition coefficient (Wildman–Crippen LogP) is 3.98. The molecule has 0 amide bonds. The molecule has 9 heteroatoms. The topological polar surface area (TPSA) is 79.8 Å². The van der Waals surface area contributed by atoms with Crippen LogP contribution < -0.4 is 9.47 Å². The van der Waals surface area contributed by atoms with E-state index in [9.17, 15) is 9.18 Å². The first-order chi connectivity index (χ1) is 14.6. The number of hydrogen-bond donors (Lipinski definition) is 0. The van der Waals surface area contributed by atoms with Gasteiger partial charge in [-0.3, -0.25) is 0 Å². The predicted molar refractivity (Wildman–Crippen MR) is 108 cm³/mol. The van der Waals surface area contributed by atoms with Gasteiger partial charge in [0.25, 0.3) is 0 Å². The van der Waals surface area contributed by atoms with Gasteiger partial charge in [0.15, 0.2) is 0 Å². The number of aromatic nitrogens is 2. The summed E-state index contributed by atoms with van der Waals surface area (Å²) in [7, 11) is 2.91. The zero-order chi connectivity index (χ0) is 21.3. The Hall–Kier alpha value is -2.88. The van der Waals surface area contributed by atoms with Gasteiger partial charge in [-0.1, -0.05) is 6.07 Å². The van der Waals surface area contributed by atoms with Crippen LogP contribution in [0.15, 0.2) is 64.7 Å². The molecule has 2 aromatic carbocycles. The van der Waals surface area contributed by atoms with Crippen LogP contribution in [0.5, 0.6) is 23.3 Å². The summed E-state index contributed by atoms with van der Waals surface area (Å²) in [4.78, 5) is 20.3. The van der Waals surface area contributed by atoms with Crippen molar-refractivity contribution in [2.24, 2.45) is 0 Å². The van der Waals surface area contributed by atoms with Crippen LogP contribution in [0.1, 0.15) is 5.56 Å². The van der Waals surface area contributed by atoms with Gasteiger partial charge in [0, 0.05) is 0 Å². The van der Waals surface area contributed by atoms with Crippen molar-refractivity contribution in [3.63, 3.8) is 0 Å². The zero-order valence-corrected chi connectivity index (χ0v) is 19.2. The van der Waals surface area contributed by atoms with Crippen molar-refractivity contribution in [2.45, 2.75) is 0 Å². The van der Waals surface area contributed by atoms with Crippen molar-refractivity contribution in [2.75, 3.05) is 14.2 Å². The van der Waals surface area contributed by atoms with Crippen molar-refractivity contribution < 1.29 is 26.2 Å². The van der Waals surface area contributed by atoms with Crippen LogP contribution in [0.3, 0.4) is 0 Å². The van der Waals surface area contributed by atoms with Gasteiger partial charge in [-0.15, -0.1) is 0 Å². The van der Waals surface area contributed by atoms with Crippen molar-refractivity contribution in [3.05, 3.63) is 76.0 Å². The van der Waals surface area contributed by atoms with E-state index in [4.69, 9.17) is 17.0 Å². The fourth-order valence-corrected chi connectivity index (χ4v) is 4.01. The van der Waals surface area contributed by atoms with Crippen molar-refractivity contribution in [1.82, 2.24) is 9.97 Å². The summed E-state index contributed by atoms with van der Waals surface area (Å²) >= 11 is -1.30. The Morgan fingerprint density at radius 1 is 0.967 bits per heavy atom. The Morgan fingerprint density at radius 2 is 1.60 bits per heavy atom. The van der Waals surface area contributed by atoms with E-state index in [2.05, 4.69) is 9.97 Å². The Kier molecular flexibility index (Phi) is 7.83. The minimum atomic E-state index is -1.30. The Balaban J connectivity index is 1.89. The normalized spacial score (nSPS) is 11.1. The summed E-state index contributed by atoms with van der Waals surface area (Å²) in [6.07, 6.45) is 1.24. The Labute approximate surface area is 184 Å². The molecular formula is C21H17FN2O5Po. The molecule has 7 nitrogen and oxygen atoms in total. The molecule has 0 bridgehead atoms. The van der Waals surface area contributed by atoms with E-state index in [1.807, 2.05) is 0 Å². The van der Waals surface area contributed by atoms with Crippen LogP contribution in [0, 0.1) is 5.82 Å². The number of rotatable bonds is 8. The second-order valence-corrected chi connectivity index (χ2v) is 8.57. The summed E-state index contributed by atoms with van der Waals surface area (Å²) in [5.74, 6) is -0.308. The average Bonchev–Trinajstić information content (AvgIpc) is 2.76. The van der Waals surface area contributed by atoms with E-state index >= 15 is 0 Å². The summed E-state index contributed by atoms with van der Waals surface area (Å²) in [5, 5.41) is 0. The molecule has 3 aromatic rings. The number of carbonyl (C=O) groups is 1. The van der Waals surface area contributed by atoms with Gasteiger partial charge >= 0.3 is 179 Å². The van der Waals surface area contributed by atoms with E-state index in [0.29, 0.717) is 16.9 Å². The quantitative estimate of drug-likeness (QED) is 0.284. The first-order valence-corrected chi connectivity index (χ1v) is 11.7. The van der Waals surface area contributed by atoms with Crippen LogP contribution in [0.25, 0.3) is 5.57 Å². The number of nitrogens with zero attached hydrogens (tertiary/aromatic N) is 2. The second-order valence-electron chi connectivity index (χ2n) is 5.61. The van der Waals surface area contributed by atoms with Gasteiger partial charge in [-0.25, -0.2) is 0 Å². The van der Waals surface area contributed by atoms with Crippen LogP contribution in [-0.4, -0.2) is 54.2 Å². The molecule has 0 fully saturated rings. The number of hydrogen-bond acceptors (Lipinski definition) is 7. The molecular weight excluding hydrogens is 588 g/mol. The van der Waals surface area contributed by atoms with E-state index in [1.165, 1.54) is 31.6 Å². The minimum absolute atomic E-state index is 0.0315. The van der Waals surface area contributed by atoms with Gasteiger partial charge < -0.3 is 0 Å². The van der Waals surface area contributed by atoms with E-state index in [0.717, 1.165) is 0 Å². The average molecular weight is 605 g/mol. The third-order valence-electron chi connectivity index (χ3n) is 3.73. The third kappa shape index (κ3) is 5.59. The number of carbonyl (C=O) groups excluding carboxylic acids is 1. The summed E-state index contributed by atoms with van der Waals surface area (Å²) in [6.45, 7) is 0. The Morgan fingerprint density at radius 3 is 2.27 bits per heavy atom. The fraction of sp³-hybridized carbons (Fsp3) is 0.0952. The fourth-order valence-electron chi connectivity index (χ4n) is 2.39. The van der Waals surface area contributed by atoms with Crippen LogP contribution in [0.2, 0.25) is 0 Å². The van der Waals surface area contributed by atoms with Gasteiger partial charge in [-0.05, 0) is 0 Å². The monoisotopic (exact) mass is 605 g/mol. The first-order valence-electron chi connectivity index (χ1n) is 8.62. The molecule has 154 valence electrons. The first kappa shape index (κ1) is 21.8. The summed E-state index contributed by atoms with van der Waals surface area (Å²) in [6, 6.07) is 14.4. The number of para-hydroxylation sites is 2. The second kappa shape index (κ2) is 10.8. The van der Waals surface area contributed by atoms with Gasteiger partial charge in [-0.2, -0.15) is 0 Å². The SMILES string of the molecule is C[O][Po]/[CH]=C(/C(=O)OC)c1ccccc1Oc1cc(Oc2ccccc2F)ncn1. The number of ether oxygens (including phenoxy) is 3. The molecule has 1 heterocycles. The van der Waals surface area contributed by atoms with E-state index < -0.39 is 35.8 Å².